The average Bonchev–Trinajstić information content (AvgIpc) is 4.12. The fourth-order valence-electron chi connectivity index (χ4n) is 8.61. The summed E-state index contributed by atoms with van der Waals surface area (Å²) in [7, 11) is 0. The number of benzene rings is 2. The third kappa shape index (κ3) is 9.35. The second-order valence-corrected chi connectivity index (χ2v) is 20.3. The molecule has 6 heterocycles. The summed E-state index contributed by atoms with van der Waals surface area (Å²) in [5.41, 5.74) is 9.23. The number of carbonyl (C=O) groups excluding carboxylic acids is 3. The molecule has 1 saturated heterocycles. The number of carbonyl (C=O) groups is 4. The van der Waals surface area contributed by atoms with Crippen molar-refractivity contribution in [1.82, 2.24) is 45.1 Å². The van der Waals surface area contributed by atoms with E-state index in [0.29, 0.717) is 17.4 Å². The number of likely N-dealkylation sites (tertiary alicyclic amines) is 1. The highest BCUT2D eigenvalue weighted by Crippen LogP contribution is 2.40. The lowest BCUT2D eigenvalue weighted by Gasteiger charge is -2.35. The molecule has 2 aliphatic heterocycles. The largest absolute Gasteiger partial charge is 0.481 e. The first-order valence-electron chi connectivity index (χ1n) is 21.9. The molecule has 4 N–H and O–H groups in total. The molecule has 5 atom stereocenters. The van der Waals surface area contributed by atoms with E-state index < -0.39 is 41.5 Å². The SMILES string of the molecule is Cc1ncsc1-c1ccc(C(C)NC(=O)[C@@H]2C[C@@H](O)CN2C(=O)C(NC(=O)CCn2cc(-c3ccc(C4=N[C@@H](CC(=O)O)c5nnc(C)n5-c5sc(C)c(C)c54)cc3)cn2)C(C)(C)C)cc1. The lowest BCUT2D eigenvalue weighted by molar-refractivity contribution is -0.144. The number of rotatable bonds is 13. The molecule has 2 aromatic carbocycles. The minimum atomic E-state index is -0.981. The molecule has 18 heteroatoms. The normalized spacial score (nSPS) is 17.9. The summed E-state index contributed by atoms with van der Waals surface area (Å²) < 4.78 is 3.61. The number of fused-ring (bicyclic) bond motifs is 3. The minimum absolute atomic E-state index is 0.0231. The van der Waals surface area contributed by atoms with E-state index in [2.05, 4.69) is 37.8 Å². The van der Waals surface area contributed by atoms with Crippen LogP contribution in [0.2, 0.25) is 0 Å². The monoisotopic (exact) mass is 930 g/mol. The molecule has 0 saturated carbocycles. The number of thiazole rings is 1. The molecule has 16 nitrogen and oxygen atoms in total. The van der Waals surface area contributed by atoms with Crippen molar-refractivity contribution in [3.8, 4) is 26.6 Å². The zero-order valence-corrected chi connectivity index (χ0v) is 39.8. The van der Waals surface area contributed by atoms with Gasteiger partial charge in [0.1, 0.15) is 29.0 Å². The minimum Gasteiger partial charge on any atom is -0.481 e. The highest BCUT2D eigenvalue weighted by Gasteiger charge is 2.45. The number of aromatic nitrogens is 6. The number of aliphatic carboxylic acids is 1. The van der Waals surface area contributed by atoms with Crippen molar-refractivity contribution in [2.45, 2.75) is 111 Å². The van der Waals surface area contributed by atoms with Crippen LogP contribution in [0, 0.1) is 33.1 Å². The van der Waals surface area contributed by atoms with E-state index in [0.717, 1.165) is 59.4 Å². The van der Waals surface area contributed by atoms with Gasteiger partial charge in [0.25, 0.3) is 0 Å². The molecule has 0 radical (unpaired) electrons. The Bertz CT molecular complexity index is 2830. The first kappa shape index (κ1) is 46.2. The maximum Gasteiger partial charge on any atom is 0.306 e. The number of carboxylic acids is 1. The van der Waals surface area contributed by atoms with Crippen LogP contribution in [0.5, 0.6) is 0 Å². The van der Waals surface area contributed by atoms with Gasteiger partial charge in [0.2, 0.25) is 17.7 Å². The molecule has 4 aromatic heterocycles. The molecule has 344 valence electrons. The summed E-state index contributed by atoms with van der Waals surface area (Å²) in [6.07, 6.45) is 2.58. The number of carboxylic acid groups (broad SMARTS) is 1. The Kier molecular flexibility index (Phi) is 12.9. The molecule has 0 aliphatic carbocycles. The van der Waals surface area contributed by atoms with Crippen LogP contribution in [-0.4, -0.2) is 98.8 Å². The van der Waals surface area contributed by atoms with Crippen LogP contribution in [0.4, 0.5) is 0 Å². The number of aliphatic hydroxyl groups excluding tert-OH is 1. The van der Waals surface area contributed by atoms with Crippen molar-refractivity contribution >= 4 is 52.1 Å². The molecule has 0 bridgehead atoms. The zero-order valence-electron chi connectivity index (χ0n) is 38.2. The van der Waals surface area contributed by atoms with E-state index >= 15 is 0 Å². The average molecular weight is 931 g/mol. The number of nitrogens with one attached hydrogen (secondary N) is 2. The molecule has 6 aromatic rings. The van der Waals surface area contributed by atoms with Gasteiger partial charge in [-0.25, -0.2) is 4.98 Å². The smallest absolute Gasteiger partial charge is 0.306 e. The Morgan fingerprint density at radius 1 is 0.924 bits per heavy atom. The molecule has 2 aliphatic rings. The van der Waals surface area contributed by atoms with Crippen molar-refractivity contribution in [2.75, 3.05) is 6.54 Å². The van der Waals surface area contributed by atoms with Crippen LogP contribution in [0.15, 0.2) is 71.4 Å². The predicted molar refractivity (Wildman–Crippen MR) is 253 cm³/mol. The van der Waals surface area contributed by atoms with Gasteiger partial charge in [0.15, 0.2) is 5.82 Å². The number of aliphatic imine (C=N–C) groups is 1. The summed E-state index contributed by atoms with van der Waals surface area (Å²) in [6, 6.07) is 12.8. The van der Waals surface area contributed by atoms with Gasteiger partial charge in [-0.1, -0.05) is 69.3 Å². The molecule has 0 spiro atoms. The van der Waals surface area contributed by atoms with E-state index in [1.165, 1.54) is 4.90 Å². The van der Waals surface area contributed by atoms with Crippen LogP contribution in [0.1, 0.15) is 104 Å². The Morgan fingerprint density at radius 2 is 1.62 bits per heavy atom. The van der Waals surface area contributed by atoms with Crippen molar-refractivity contribution in [3.05, 3.63) is 111 Å². The quantitative estimate of drug-likeness (QED) is 0.0966. The van der Waals surface area contributed by atoms with Gasteiger partial charge in [0.05, 0.1) is 46.6 Å². The first-order chi connectivity index (χ1) is 31.4. The summed E-state index contributed by atoms with van der Waals surface area (Å²) in [5, 5.41) is 40.6. The van der Waals surface area contributed by atoms with Crippen LogP contribution in [-0.2, 0) is 25.7 Å². The number of β-amino-alcohol motifs (C(OH)–C–C–N with tert-alkyl or cyclic N) is 1. The second-order valence-electron chi connectivity index (χ2n) is 18.2. The van der Waals surface area contributed by atoms with Crippen molar-refractivity contribution in [3.63, 3.8) is 0 Å². The number of aryl methyl sites for hydroxylation is 4. The lowest BCUT2D eigenvalue weighted by atomic mass is 9.85. The zero-order chi connectivity index (χ0) is 47.2. The third-order valence-electron chi connectivity index (χ3n) is 12.4. The Balaban J connectivity index is 0.912. The standard InChI is InChI=1S/C48H54N10O6S2/c1-25-28(4)66-47-40(25)41(52-36(20-39(61)62)44-55-54-29(5)58(44)47)32-13-11-31(12-14-32)34-21-50-56(22-34)18-17-38(60)53-43(48(6,7)8)46(64)57-23-35(59)19-37(57)45(63)51-26(2)30-9-15-33(16-10-30)42-27(3)49-24-65-42/h9-16,21-22,24,26,35-37,43,59H,17-20,23H2,1-8H3,(H,51,63)(H,53,60)(H,61,62)/t26?,35-,36+,37+,43?/m1/s1. The molecule has 1 fully saturated rings. The van der Waals surface area contributed by atoms with Crippen molar-refractivity contribution < 1.29 is 29.4 Å². The first-order valence-corrected chi connectivity index (χ1v) is 23.6. The van der Waals surface area contributed by atoms with Crippen molar-refractivity contribution in [1.29, 1.82) is 0 Å². The Labute approximate surface area is 390 Å². The molecule has 66 heavy (non-hydrogen) atoms. The second kappa shape index (κ2) is 18.5. The van der Waals surface area contributed by atoms with E-state index in [4.69, 9.17) is 4.99 Å². The number of thiophene rings is 1. The van der Waals surface area contributed by atoms with Crippen LogP contribution in [0.3, 0.4) is 0 Å². The highest BCUT2D eigenvalue weighted by molar-refractivity contribution is 7.15. The van der Waals surface area contributed by atoms with Crippen molar-refractivity contribution in [2.24, 2.45) is 10.4 Å². The lowest BCUT2D eigenvalue weighted by Crippen LogP contribution is -2.57. The van der Waals surface area contributed by atoms with Gasteiger partial charge < -0.3 is 25.7 Å². The summed E-state index contributed by atoms with van der Waals surface area (Å²) >= 11 is 3.18. The van der Waals surface area contributed by atoms with E-state index in [-0.39, 0.29) is 50.2 Å². The summed E-state index contributed by atoms with van der Waals surface area (Å²) in [4.78, 5) is 66.5. The van der Waals surface area contributed by atoms with E-state index in [1.54, 1.807) is 33.6 Å². The number of aliphatic hydroxyl groups is 1. The summed E-state index contributed by atoms with van der Waals surface area (Å²) in [5.74, 6) is -0.976. The van der Waals surface area contributed by atoms with Crippen LogP contribution >= 0.6 is 22.7 Å². The van der Waals surface area contributed by atoms with Gasteiger partial charge >= 0.3 is 5.97 Å². The van der Waals surface area contributed by atoms with E-state index in [9.17, 15) is 29.4 Å². The van der Waals surface area contributed by atoms with Gasteiger partial charge in [-0.05, 0) is 62.3 Å². The van der Waals surface area contributed by atoms with Gasteiger partial charge in [-0.15, -0.1) is 32.9 Å². The molecule has 3 amide bonds. The fraction of sp³-hybridized carbons (Fsp3) is 0.396. The maximum atomic E-state index is 14.2. The molecular formula is C48H54N10O6S2. The highest BCUT2D eigenvalue weighted by atomic mass is 32.1. The predicted octanol–water partition coefficient (Wildman–Crippen LogP) is 6.68. The molecule has 8 rings (SSSR count). The van der Waals surface area contributed by atoms with E-state index in [1.807, 2.05) is 113 Å². The number of hydrogen-bond donors (Lipinski definition) is 4. The van der Waals surface area contributed by atoms with Gasteiger partial charge in [0, 0.05) is 53.7 Å². The van der Waals surface area contributed by atoms with Crippen LogP contribution in [0.25, 0.3) is 26.6 Å². The topological polar surface area (TPSA) is 210 Å². The van der Waals surface area contributed by atoms with Gasteiger partial charge in [-0.2, -0.15) is 5.10 Å². The fourth-order valence-corrected chi connectivity index (χ4v) is 10.6. The number of amides is 3. The number of nitrogens with zero attached hydrogens (tertiary/aromatic N) is 8. The van der Waals surface area contributed by atoms with Gasteiger partial charge in [-0.3, -0.25) is 33.4 Å². The summed E-state index contributed by atoms with van der Waals surface area (Å²) in [6.45, 7) is 15.6. The van der Waals surface area contributed by atoms with Crippen LogP contribution < -0.4 is 10.6 Å². The third-order valence-corrected chi connectivity index (χ3v) is 14.5. The maximum absolute atomic E-state index is 14.2. The Hall–Kier alpha value is -6.37. The number of hydrogen-bond acceptors (Lipinski definition) is 12. The molecule has 2 unspecified atom stereocenters. The molecular weight excluding hydrogens is 877 g/mol. The Morgan fingerprint density at radius 3 is 2.29 bits per heavy atom.